The molecule has 0 unspecified atom stereocenters. The summed E-state index contributed by atoms with van der Waals surface area (Å²) in [5.41, 5.74) is 0. The fourth-order valence-electron chi connectivity index (χ4n) is 1.46. The van der Waals surface area contributed by atoms with Gasteiger partial charge in [-0.05, 0) is 18.8 Å². The number of nitrogens with zero attached hydrogens (tertiary/aromatic N) is 1. The Morgan fingerprint density at radius 2 is 2.09 bits per heavy atom. The van der Waals surface area contributed by atoms with E-state index in [1.165, 1.54) is 6.42 Å². The zero-order valence-corrected chi connectivity index (χ0v) is 7.77. The van der Waals surface area contributed by atoms with Crippen LogP contribution in [0, 0.1) is 5.92 Å². The van der Waals surface area contributed by atoms with Crippen molar-refractivity contribution >= 4 is 9.73 Å². The molecule has 0 atom stereocenters. The van der Waals surface area contributed by atoms with Crippen molar-refractivity contribution in [3.05, 3.63) is 0 Å². The number of hydrogen-bond donors (Lipinski definition) is 1. The zero-order valence-electron chi connectivity index (χ0n) is 6.95. The van der Waals surface area contributed by atoms with Crippen molar-refractivity contribution in [2.75, 3.05) is 11.5 Å². The molecule has 0 spiro atoms. The molecular formula is C7H16N2OS. The SMILES string of the molecule is CCC1CCS(=O)(=NN)CC1. The first-order chi connectivity index (χ1) is 5.20. The fourth-order valence-corrected chi connectivity index (χ4v) is 3.28. The molecule has 11 heavy (non-hydrogen) atoms. The van der Waals surface area contributed by atoms with E-state index in [1.54, 1.807) is 0 Å². The summed E-state index contributed by atoms with van der Waals surface area (Å²) in [5.74, 6) is 7.25. The molecule has 0 aliphatic carbocycles. The van der Waals surface area contributed by atoms with Crippen LogP contribution in [0.5, 0.6) is 0 Å². The van der Waals surface area contributed by atoms with E-state index in [9.17, 15) is 4.21 Å². The van der Waals surface area contributed by atoms with Crippen LogP contribution in [0.1, 0.15) is 26.2 Å². The lowest BCUT2D eigenvalue weighted by atomic mass is 10.0. The van der Waals surface area contributed by atoms with Gasteiger partial charge in [0.1, 0.15) is 0 Å². The average Bonchev–Trinajstić information content (AvgIpc) is 2.06. The Balaban J connectivity index is 2.55. The maximum atomic E-state index is 11.5. The molecule has 0 aromatic heterocycles. The minimum absolute atomic E-state index is 0.710. The second kappa shape index (κ2) is 3.54. The molecule has 66 valence electrons. The van der Waals surface area contributed by atoms with Crippen LogP contribution in [0.2, 0.25) is 0 Å². The Hall–Kier alpha value is -0.0900. The predicted molar refractivity (Wildman–Crippen MR) is 47.5 cm³/mol. The molecule has 1 saturated heterocycles. The Morgan fingerprint density at radius 3 is 2.45 bits per heavy atom. The van der Waals surface area contributed by atoms with Crippen molar-refractivity contribution in [2.24, 2.45) is 16.2 Å². The molecule has 4 heteroatoms. The van der Waals surface area contributed by atoms with E-state index in [1.807, 2.05) is 0 Å². The molecule has 0 radical (unpaired) electrons. The first kappa shape index (κ1) is 9.00. The van der Waals surface area contributed by atoms with Crippen molar-refractivity contribution in [3.8, 4) is 0 Å². The summed E-state index contributed by atoms with van der Waals surface area (Å²) < 4.78 is 15.0. The van der Waals surface area contributed by atoms with E-state index in [-0.39, 0.29) is 0 Å². The van der Waals surface area contributed by atoms with Crippen LogP contribution < -0.4 is 5.84 Å². The van der Waals surface area contributed by atoms with Crippen molar-refractivity contribution < 1.29 is 4.21 Å². The summed E-state index contributed by atoms with van der Waals surface area (Å²) in [4.78, 5) is 0. The van der Waals surface area contributed by atoms with Crippen molar-refractivity contribution in [1.29, 1.82) is 0 Å². The molecule has 0 bridgehead atoms. The first-order valence-electron chi connectivity index (χ1n) is 4.12. The van der Waals surface area contributed by atoms with Gasteiger partial charge in [0.25, 0.3) is 0 Å². The van der Waals surface area contributed by atoms with Gasteiger partial charge in [0.15, 0.2) is 0 Å². The Morgan fingerprint density at radius 1 is 1.55 bits per heavy atom. The minimum Gasteiger partial charge on any atom is -0.248 e. The van der Waals surface area contributed by atoms with Gasteiger partial charge < -0.3 is 0 Å². The van der Waals surface area contributed by atoms with Gasteiger partial charge in [0.2, 0.25) is 0 Å². The second-order valence-electron chi connectivity index (χ2n) is 3.14. The molecule has 1 heterocycles. The van der Waals surface area contributed by atoms with Crippen LogP contribution in [0.3, 0.4) is 0 Å². The van der Waals surface area contributed by atoms with Crippen molar-refractivity contribution in [2.45, 2.75) is 26.2 Å². The molecule has 1 aliphatic heterocycles. The summed E-state index contributed by atoms with van der Waals surface area (Å²) in [5, 5.41) is 0. The topological polar surface area (TPSA) is 55.5 Å². The van der Waals surface area contributed by atoms with Crippen molar-refractivity contribution in [1.82, 2.24) is 0 Å². The molecule has 0 amide bonds. The monoisotopic (exact) mass is 176 g/mol. The number of nitrogens with two attached hydrogens (primary N) is 1. The predicted octanol–water partition coefficient (Wildman–Crippen LogP) is 1.15. The Kier molecular flexibility index (Phi) is 2.90. The largest absolute Gasteiger partial charge is 0.248 e. The molecule has 0 saturated carbocycles. The molecule has 2 N–H and O–H groups in total. The van der Waals surface area contributed by atoms with Crippen LogP contribution in [0.25, 0.3) is 0 Å². The molecule has 0 aromatic carbocycles. The third-order valence-corrected chi connectivity index (χ3v) is 4.59. The summed E-state index contributed by atoms with van der Waals surface area (Å²) in [7, 11) is -1.97. The van der Waals surface area contributed by atoms with Crippen LogP contribution in [-0.2, 0) is 9.73 Å². The van der Waals surface area contributed by atoms with Crippen LogP contribution in [-0.4, -0.2) is 15.7 Å². The maximum Gasteiger partial charge on any atom is 0.0634 e. The van der Waals surface area contributed by atoms with E-state index in [0.717, 1.165) is 18.8 Å². The van der Waals surface area contributed by atoms with Gasteiger partial charge in [0, 0.05) is 11.5 Å². The van der Waals surface area contributed by atoms with E-state index >= 15 is 0 Å². The summed E-state index contributed by atoms with van der Waals surface area (Å²) in [6, 6.07) is 0. The van der Waals surface area contributed by atoms with Crippen molar-refractivity contribution in [3.63, 3.8) is 0 Å². The van der Waals surface area contributed by atoms with E-state index in [2.05, 4.69) is 11.4 Å². The lowest BCUT2D eigenvalue weighted by molar-refractivity contribution is 0.464. The van der Waals surface area contributed by atoms with Crippen LogP contribution in [0.4, 0.5) is 0 Å². The molecule has 1 rings (SSSR count). The van der Waals surface area contributed by atoms with E-state index in [0.29, 0.717) is 11.5 Å². The van der Waals surface area contributed by atoms with Gasteiger partial charge in [-0.1, -0.05) is 13.3 Å². The van der Waals surface area contributed by atoms with Gasteiger partial charge in [-0.2, -0.15) is 4.47 Å². The summed E-state index contributed by atoms with van der Waals surface area (Å²) >= 11 is 0. The average molecular weight is 176 g/mol. The lowest BCUT2D eigenvalue weighted by Crippen LogP contribution is -2.23. The van der Waals surface area contributed by atoms with Gasteiger partial charge >= 0.3 is 0 Å². The fraction of sp³-hybridized carbons (Fsp3) is 1.00. The zero-order chi connectivity index (χ0) is 8.32. The Labute approximate surface area is 68.5 Å². The molecular weight excluding hydrogens is 160 g/mol. The second-order valence-corrected chi connectivity index (χ2v) is 5.71. The third-order valence-electron chi connectivity index (χ3n) is 2.46. The Bertz CT molecular complexity index is 217. The highest BCUT2D eigenvalue weighted by Gasteiger charge is 2.20. The van der Waals surface area contributed by atoms with E-state index < -0.39 is 9.73 Å². The molecule has 1 fully saturated rings. The standard InChI is InChI=1S/C7H16N2OS/c1-2-7-3-5-11(10,9-8)6-4-7/h7H,2-6,8H2,1H3. The van der Waals surface area contributed by atoms with Crippen LogP contribution in [0.15, 0.2) is 4.47 Å². The number of rotatable bonds is 1. The normalized spacial score (nSPS) is 38.5. The lowest BCUT2D eigenvalue weighted by Gasteiger charge is -2.22. The van der Waals surface area contributed by atoms with Gasteiger partial charge in [-0.3, -0.25) is 0 Å². The quantitative estimate of drug-likeness (QED) is 0.481. The van der Waals surface area contributed by atoms with Gasteiger partial charge in [0.05, 0.1) is 9.73 Å². The highest BCUT2D eigenvalue weighted by Crippen LogP contribution is 2.22. The van der Waals surface area contributed by atoms with E-state index in [4.69, 9.17) is 5.84 Å². The highest BCUT2D eigenvalue weighted by atomic mass is 32.2. The van der Waals surface area contributed by atoms with Crippen LogP contribution >= 0.6 is 0 Å². The molecule has 3 nitrogen and oxygen atoms in total. The maximum absolute atomic E-state index is 11.5. The van der Waals surface area contributed by atoms with Gasteiger partial charge in [-0.15, -0.1) is 0 Å². The first-order valence-corrected chi connectivity index (χ1v) is 5.97. The summed E-state index contributed by atoms with van der Waals surface area (Å²) in [6.45, 7) is 2.18. The minimum atomic E-state index is -1.97. The molecule has 1 aliphatic rings. The third kappa shape index (κ3) is 2.17. The summed E-state index contributed by atoms with van der Waals surface area (Å²) in [6.07, 6.45) is 3.27. The highest BCUT2D eigenvalue weighted by molar-refractivity contribution is 7.93. The smallest absolute Gasteiger partial charge is 0.0634 e. The molecule has 0 aromatic rings. The number of hydrogen-bond acceptors (Lipinski definition) is 2. The van der Waals surface area contributed by atoms with Gasteiger partial charge in [-0.25, -0.2) is 10.1 Å².